The minimum Gasteiger partial charge on any atom is -0.492 e. The molecule has 0 atom stereocenters. The molecular formula is C10H11N5O2. The van der Waals surface area contributed by atoms with Gasteiger partial charge in [-0.05, 0) is 24.3 Å². The van der Waals surface area contributed by atoms with Crippen molar-refractivity contribution >= 4 is 11.6 Å². The van der Waals surface area contributed by atoms with Crippen LogP contribution in [0.25, 0.3) is 0 Å². The van der Waals surface area contributed by atoms with Crippen LogP contribution in [0.5, 0.6) is 5.75 Å². The molecule has 1 amide bonds. The molecule has 2 rings (SSSR count). The number of carbonyl (C=O) groups excluding carboxylic acids is 1. The standard InChI is InChI=1S/C10H11N5O2/c1-2-17-8-6-4-3-5-7(8)11-10(16)9-12-14-15-13-9/h3-6H,2H2,1H3,(H,11,16)(H,12,13,14,15). The number of ether oxygens (including phenoxy) is 1. The van der Waals surface area contributed by atoms with Crippen LogP contribution in [0.3, 0.4) is 0 Å². The molecule has 0 bridgehead atoms. The minimum absolute atomic E-state index is 0.0173. The van der Waals surface area contributed by atoms with Gasteiger partial charge >= 0.3 is 0 Å². The third-order valence-corrected chi connectivity index (χ3v) is 1.98. The number of hydrogen-bond acceptors (Lipinski definition) is 5. The van der Waals surface area contributed by atoms with Crippen LogP contribution < -0.4 is 10.1 Å². The van der Waals surface area contributed by atoms with Gasteiger partial charge in [0.25, 0.3) is 11.7 Å². The Morgan fingerprint density at radius 3 is 3.00 bits per heavy atom. The smallest absolute Gasteiger partial charge is 0.297 e. The zero-order valence-corrected chi connectivity index (χ0v) is 9.17. The summed E-state index contributed by atoms with van der Waals surface area (Å²) in [6.07, 6.45) is 0. The number of anilines is 1. The van der Waals surface area contributed by atoms with Crippen LogP contribution in [-0.2, 0) is 0 Å². The Morgan fingerprint density at radius 1 is 1.47 bits per heavy atom. The van der Waals surface area contributed by atoms with E-state index in [2.05, 4.69) is 25.9 Å². The third-order valence-electron chi connectivity index (χ3n) is 1.98. The number of nitrogens with one attached hydrogen (secondary N) is 2. The molecule has 0 aliphatic heterocycles. The van der Waals surface area contributed by atoms with E-state index in [1.807, 2.05) is 13.0 Å². The normalized spacial score (nSPS) is 9.94. The lowest BCUT2D eigenvalue weighted by Crippen LogP contribution is -2.14. The molecule has 1 aromatic heterocycles. The maximum Gasteiger partial charge on any atom is 0.297 e. The summed E-state index contributed by atoms with van der Waals surface area (Å²) >= 11 is 0. The zero-order valence-electron chi connectivity index (χ0n) is 9.17. The topological polar surface area (TPSA) is 92.8 Å². The quantitative estimate of drug-likeness (QED) is 0.816. The van der Waals surface area contributed by atoms with E-state index in [1.165, 1.54) is 0 Å². The maximum absolute atomic E-state index is 11.7. The fraction of sp³-hybridized carbons (Fsp3) is 0.200. The van der Waals surface area contributed by atoms with E-state index in [4.69, 9.17) is 4.74 Å². The van der Waals surface area contributed by atoms with E-state index in [0.29, 0.717) is 18.0 Å². The average molecular weight is 233 g/mol. The molecule has 17 heavy (non-hydrogen) atoms. The maximum atomic E-state index is 11.7. The molecule has 2 aromatic rings. The monoisotopic (exact) mass is 233 g/mol. The first-order chi connectivity index (χ1) is 8.31. The van der Waals surface area contributed by atoms with Gasteiger partial charge in [0.2, 0.25) is 0 Å². The number of amides is 1. The van der Waals surface area contributed by atoms with Crippen molar-refractivity contribution in [2.75, 3.05) is 11.9 Å². The summed E-state index contributed by atoms with van der Waals surface area (Å²) < 4.78 is 5.38. The number of H-pyrrole nitrogens is 1. The van der Waals surface area contributed by atoms with Crippen LogP contribution in [-0.4, -0.2) is 33.1 Å². The van der Waals surface area contributed by atoms with Crippen molar-refractivity contribution in [3.05, 3.63) is 30.1 Å². The number of rotatable bonds is 4. The van der Waals surface area contributed by atoms with Gasteiger partial charge in [-0.3, -0.25) is 4.79 Å². The molecule has 0 unspecified atom stereocenters. The van der Waals surface area contributed by atoms with Crippen molar-refractivity contribution in [2.45, 2.75) is 6.92 Å². The van der Waals surface area contributed by atoms with E-state index in [1.54, 1.807) is 18.2 Å². The van der Waals surface area contributed by atoms with Gasteiger partial charge in [-0.15, -0.1) is 10.2 Å². The Kier molecular flexibility index (Phi) is 3.29. The van der Waals surface area contributed by atoms with Gasteiger partial charge in [0, 0.05) is 0 Å². The molecule has 2 N–H and O–H groups in total. The predicted molar refractivity (Wildman–Crippen MR) is 59.7 cm³/mol. The van der Waals surface area contributed by atoms with Gasteiger partial charge in [-0.25, -0.2) is 0 Å². The van der Waals surface area contributed by atoms with Crippen LogP contribution in [0.15, 0.2) is 24.3 Å². The number of para-hydroxylation sites is 2. The first kappa shape index (κ1) is 11.1. The van der Waals surface area contributed by atoms with Crippen LogP contribution in [0.4, 0.5) is 5.69 Å². The van der Waals surface area contributed by atoms with E-state index < -0.39 is 5.91 Å². The second-order valence-corrected chi connectivity index (χ2v) is 3.12. The van der Waals surface area contributed by atoms with Gasteiger partial charge in [0.1, 0.15) is 5.75 Å². The highest BCUT2D eigenvalue weighted by Gasteiger charge is 2.12. The van der Waals surface area contributed by atoms with E-state index >= 15 is 0 Å². The highest BCUT2D eigenvalue weighted by atomic mass is 16.5. The number of benzene rings is 1. The number of hydrogen-bond donors (Lipinski definition) is 2. The molecular weight excluding hydrogens is 222 g/mol. The van der Waals surface area contributed by atoms with E-state index in [-0.39, 0.29) is 5.82 Å². The Bertz CT molecular complexity index is 497. The lowest BCUT2D eigenvalue weighted by atomic mass is 10.3. The average Bonchev–Trinajstić information content (AvgIpc) is 2.85. The molecule has 88 valence electrons. The molecule has 0 saturated heterocycles. The molecule has 1 heterocycles. The van der Waals surface area contributed by atoms with Gasteiger partial charge in [-0.1, -0.05) is 12.1 Å². The summed E-state index contributed by atoms with van der Waals surface area (Å²) in [4.78, 5) is 11.7. The summed E-state index contributed by atoms with van der Waals surface area (Å²) in [5, 5.41) is 15.4. The summed E-state index contributed by atoms with van der Waals surface area (Å²) in [6, 6.07) is 7.14. The minimum atomic E-state index is -0.439. The van der Waals surface area contributed by atoms with Crippen LogP contribution in [0.1, 0.15) is 17.5 Å². The van der Waals surface area contributed by atoms with Gasteiger partial charge in [0.15, 0.2) is 0 Å². The van der Waals surface area contributed by atoms with E-state index in [9.17, 15) is 4.79 Å². The molecule has 0 aliphatic carbocycles. The molecule has 0 aliphatic rings. The van der Waals surface area contributed by atoms with Gasteiger partial charge < -0.3 is 10.1 Å². The Balaban J connectivity index is 2.15. The molecule has 0 radical (unpaired) electrons. The number of aromatic nitrogens is 4. The molecule has 0 fully saturated rings. The van der Waals surface area contributed by atoms with E-state index in [0.717, 1.165) is 0 Å². The largest absolute Gasteiger partial charge is 0.492 e. The van der Waals surface area contributed by atoms with Crippen molar-refractivity contribution in [3.63, 3.8) is 0 Å². The van der Waals surface area contributed by atoms with Crippen molar-refractivity contribution in [1.82, 2.24) is 20.6 Å². The summed E-state index contributed by atoms with van der Waals surface area (Å²) in [5.41, 5.74) is 0.573. The first-order valence-electron chi connectivity index (χ1n) is 5.08. The van der Waals surface area contributed by atoms with Crippen molar-refractivity contribution in [3.8, 4) is 5.75 Å². The van der Waals surface area contributed by atoms with Gasteiger partial charge in [0.05, 0.1) is 12.3 Å². The molecule has 1 aromatic carbocycles. The van der Waals surface area contributed by atoms with Crippen LogP contribution >= 0.6 is 0 Å². The highest BCUT2D eigenvalue weighted by molar-refractivity contribution is 6.02. The van der Waals surface area contributed by atoms with Crippen molar-refractivity contribution < 1.29 is 9.53 Å². The second-order valence-electron chi connectivity index (χ2n) is 3.12. The lowest BCUT2D eigenvalue weighted by molar-refractivity contribution is 0.101. The van der Waals surface area contributed by atoms with Crippen molar-refractivity contribution in [1.29, 1.82) is 0 Å². The Morgan fingerprint density at radius 2 is 2.29 bits per heavy atom. The Hall–Kier alpha value is -2.44. The van der Waals surface area contributed by atoms with Crippen LogP contribution in [0, 0.1) is 0 Å². The number of carbonyl (C=O) groups is 1. The SMILES string of the molecule is CCOc1ccccc1NC(=O)c1nn[nH]n1. The summed E-state index contributed by atoms with van der Waals surface area (Å²) in [5.74, 6) is 0.147. The fourth-order valence-corrected chi connectivity index (χ4v) is 1.29. The first-order valence-corrected chi connectivity index (χ1v) is 5.08. The molecule has 7 heteroatoms. The number of nitrogens with zero attached hydrogens (tertiary/aromatic N) is 3. The molecule has 0 spiro atoms. The predicted octanol–water partition coefficient (Wildman–Crippen LogP) is 0.851. The second kappa shape index (κ2) is 5.06. The summed E-state index contributed by atoms with van der Waals surface area (Å²) in [6.45, 7) is 2.40. The zero-order chi connectivity index (χ0) is 12.1. The van der Waals surface area contributed by atoms with Gasteiger partial charge in [-0.2, -0.15) is 5.21 Å². The van der Waals surface area contributed by atoms with Crippen molar-refractivity contribution in [2.24, 2.45) is 0 Å². The fourth-order valence-electron chi connectivity index (χ4n) is 1.29. The molecule has 7 nitrogen and oxygen atoms in total. The third kappa shape index (κ3) is 2.57. The summed E-state index contributed by atoms with van der Waals surface area (Å²) in [7, 11) is 0. The Labute approximate surface area is 97.2 Å². The number of tetrazole rings is 1. The lowest BCUT2D eigenvalue weighted by Gasteiger charge is -2.09. The highest BCUT2D eigenvalue weighted by Crippen LogP contribution is 2.23. The number of aromatic amines is 1. The van der Waals surface area contributed by atoms with Crippen LogP contribution in [0.2, 0.25) is 0 Å². The molecule has 0 saturated carbocycles.